The molecule has 2 nitrogen and oxygen atoms in total. The summed E-state index contributed by atoms with van der Waals surface area (Å²) in [5.41, 5.74) is 0. The first kappa shape index (κ1) is 16.2. The lowest BCUT2D eigenvalue weighted by atomic mass is 9.74. The minimum atomic E-state index is -4.61. The molecule has 112 valence electrons. The molecule has 0 heterocycles. The molecule has 6 heteroatoms. The van der Waals surface area contributed by atoms with Gasteiger partial charge in [-0.05, 0) is 30.6 Å². The van der Waals surface area contributed by atoms with Crippen molar-refractivity contribution >= 4 is 5.91 Å². The lowest BCUT2D eigenvalue weighted by Crippen LogP contribution is -2.53. The molecular weight excluding hydrogens is 262 g/mol. The smallest absolute Gasteiger partial charge is 0.348 e. The van der Waals surface area contributed by atoms with Crippen LogP contribution in [0, 0.1) is 17.8 Å². The summed E-state index contributed by atoms with van der Waals surface area (Å²) in [7, 11) is 0. The standard InChI is InChI=1S/C13H21F4NO/c1-7(2)9-5-4-8(3)6-10(9)18-12(19)13(16,17)11(14)15/h7-11H,4-6H2,1-3H3,(H,18,19). The molecule has 19 heavy (non-hydrogen) atoms. The van der Waals surface area contributed by atoms with Crippen molar-refractivity contribution in [2.24, 2.45) is 17.8 Å². The van der Waals surface area contributed by atoms with E-state index in [1.165, 1.54) is 0 Å². The maximum absolute atomic E-state index is 13.0. The summed E-state index contributed by atoms with van der Waals surface area (Å²) < 4.78 is 50.2. The zero-order valence-electron chi connectivity index (χ0n) is 11.4. The van der Waals surface area contributed by atoms with Gasteiger partial charge in [-0.3, -0.25) is 4.79 Å². The van der Waals surface area contributed by atoms with Gasteiger partial charge in [-0.15, -0.1) is 0 Å². The molecule has 0 radical (unpaired) electrons. The molecule has 1 rings (SSSR count). The molecule has 0 aromatic rings. The van der Waals surface area contributed by atoms with Crippen molar-refractivity contribution in [2.75, 3.05) is 0 Å². The van der Waals surface area contributed by atoms with Crippen molar-refractivity contribution in [3.05, 3.63) is 0 Å². The largest absolute Gasteiger partial charge is 0.383 e. The third kappa shape index (κ3) is 3.83. The van der Waals surface area contributed by atoms with E-state index in [2.05, 4.69) is 5.32 Å². The highest BCUT2D eigenvalue weighted by Crippen LogP contribution is 2.34. The third-order valence-corrected chi connectivity index (χ3v) is 3.92. The van der Waals surface area contributed by atoms with Crippen molar-refractivity contribution in [2.45, 2.75) is 58.4 Å². The van der Waals surface area contributed by atoms with Gasteiger partial charge < -0.3 is 5.32 Å². The summed E-state index contributed by atoms with van der Waals surface area (Å²) in [4.78, 5) is 11.3. The number of nitrogens with one attached hydrogen (secondary N) is 1. The van der Waals surface area contributed by atoms with E-state index in [0.717, 1.165) is 12.8 Å². The van der Waals surface area contributed by atoms with Crippen LogP contribution in [0.1, 0.15) is 40.0 Å². The molecule has 1 amide bonds. The van der Waals surface area contributed by atoms with E-state index >= 15 is 0 Å². The first-order valence-corrected chi connectivity index (χ1v) is 6.63. The first-order valence-electron chi connectivity index (χ1n) is 6.63. The van der Waals surface area contributed by atoms with Gasteiger partial charge in [-0.25, -0.2) is 8.78 Å². The van der Waals surface area contributed by atoms with Gasteiger partial charge in [0.1, 0.15) is 0 Å². The van der Waals surface area contributed by atoms with Crippen LogP contribution >= 0.6 is 0 Å². The molecule has 1 fully saturated rings. The SMILES string of the molecule is CC1CCC(C(C)C)C(NC(=O)C(F)(F)C(F)F)C1. The van der Waals surface area contributed by atoms with E-state index in [0.29, 0.717) is 12.3 Å². The number of halogens is 4. The number of hydrogen-bond donors (Lipinski definition) is 1. The lowest BCUT2D eigenvalue weighted by Gasteiger charge is -2.38. The highest BCUT2D eigenvalue weighted by atomic mass is 19.3. The average molecular weight is 283 g/mol. The Morgan fingerprint density at radius 2 is 1.84 bits per heavy atom. The monoisotopic (exact) mass is 283 g/mol. The molecule has 0 aromatic carbocycles. The molecule has 3 unspecified atom stereocenters. The zero-order valence-corrected chi connectivity index (χ0v) is 11.4. The summed E-state index contributed by atoms with van der Waals surface area (Å²) in [6.45, 7) is 5.87. The van der Waals surface area contributed by atoms with Gasteiger partial charge in [0, 0.05) is 6.04 Å². The van der Waals surface area contributed by atoms with E-state index in [9.17, 15) is 22.4 Å². The number of rotatable bonds is 4. The van der Waals surface area contributed by atoms with Crippen LogP contribution in [-0.4, -0.2) is 24.3 Å². The van der Waals surface area contributed by atoms with Crippen molar-refractivity contribution in [1.82, 2.24) is 5.32 Å². The predicted molar refractivity (Wildman–Crippen MR) is 64.2 cm³/mol. The lowest BCUT2D eigenvalue weighted by molar-refractivity contribution is -0.171. The quantitative estimate of drug-likeness (QED) is 0.786. The maximum Gasteiger partial charge on any atom is 0.383 e. The summed E-state index contributed by atoms with van der Waals surface area (Å²) in [5, 5.41) is 2.13. The molecule has 0 aromatic heterocycles. The van der Waals surface area contributed by atoms with Gasteiger partial charge in [0.15, 0.2) is 0 Å². The molecule has 3 atom stereocenters. The second-order valence-corrected chi connectivity index (χ2v) is 5.83. The zero-order chi connectivity index (χ0) is 14.8. The van der Waals surface area contributed by atoms with Crippen molar-refractivity contribution in [3.63, 3.8) is 0 Å². The van der Waals surface area contributed by atoms with Crippen molar-refractivity contribution < 1.29 is 22.4 Å². The predicted octanol–water partition coefficient (Wildman–Crippen LogP) is 3.46. The normalized spacial score (nSPS) is 28.8. The molecule has 1 N–H and O–H groups in total. The molecule has 1 saturated carbocycles. The fourth-order valence-electron chi connectivity index (χ4n) is 2.73. The van der Waals surface area contributed by atoms with Crippen molar-refractivity contribution in [1.29, 1.82) is 0 Å². The average Bonchev–Trinajstić information content (AvgIpc) is 2.28. The number of carbonyl (C=O) groups is 1. The van der Waals surface area contributed by atoms with Crippen LogP contribution in [0.2, 0.25) is 0 Å². The Labute approximate surface area is 110 Å². The summed E-state index contributed by atoms with van der Waals surface area (Å²) in [6.07, 6.45) is -1.61. The van der Waals surface area contributed by atoms with Crippen LogP contribution in [0.25, 0.3) is 0 Å². The van der Waals surface area contributed by atoms with E-state index in [1.54, 1.807) is 0 Å². The number of amides is 1. The topological polar surface area (TPSA) is 29.1 Å². The Bertz CT molecular complexity index is 320. The minimum absolute atomic E-state index is 0.0635. The molecule has 0 bridgehead atoms. The third-order valence-electron chi connectivity index (χ3n) is 3.92. The Hall–Kier alpha value is -0.810. The second kappa shape index (κ2) is 6.09. The van der Waals surface area contributed by atoms with Crippen molar-refractivity contribution in [3.8, 4) is 0 Å². The number of carbonyl (C=O) groups excluding carboxylic acids is 1. The van der Waals surface area contributed by atoms with Gasteiger partial charge in [0.05, 0.1) is 0 Å². The Morgan fingerprint density at radius 3 is 2.32 bits per heavy atom. The van der Waals surface area contributed by atoms with Crippen LogP contribution in [0.15, 0.2) is 0 Å². The van der Waals surface area contributed by atoms with Crippen LogP contribution in [0.5, 0.6) is 0 Å². The molecule has 0 spiro atoms. The number of hydrogen-bond acceptors (Lipinski definition) is 1. The van der Waals surface area contributed by atoms with E-state index in [1.807, 2.05) is 20.8 Å². The van der Waals surface area contributed by atoms with Crippen LogP contribution in [0.4, 0.5) is 17.6 Å². The second-order valence-electron chi connectivity index (χ2n) is 5.83. The van der Waals surface area contributed by atoms with Crippen LogP contribution in [-0.2, 0) is 4.79 Å². The van der Waals surface area contributed by atoms with Crippen LogP contribution < -0.4 is 5.32 Å². The molecule has 1 aliphatic carbocycles. The fourth-order valence-corrected chi connectivity index (χ4v) is 2.73. The van der Waals surface area contributed by atoms with E-state index in [4.69, 9.17) is 0 Å². The van der Waals surface area contributed by atoms with Gasteiger partial charge in [0.25, 0.3) is 5.91 Å². The van der Waals surface area contributed by atoms with Gasteiger partial charge in [-0.1, -0.05) is 27.2 Å². The Morgan fingerprint density at radius 1 is 1.26 bits per heavy atom. The van der Waals surface area contributed by atoms with Gasteiger partial charge in [-0.2, -0.15) is 8.78 Å². The molecule has 0 saturated heterocycles. The molecule has 1 aliphatic rings. The summed E-state index contributed by atoms with van der Waals surface area (Å²) in [5.74, 6) is -5.87. The molecule has 0 aliphatic heterocycles. The summed E-state index contributed by atoms with van der Waals surface area (Å²) >= 11 is 0. The van der Waals surface area contributed by atoms with Gasteiger partial charge in [0.2, 0.25) is 0 Å². The highest BCUT2D eigenvalue weighted by molar-refractivity contribution is 5.84. The summed E-state index contributed by atoms with van der Waals surface area (Å²) in [6, 6.07) is -0.444. The molecular formula is C13H21F4NO. The van der Waals surface area contributed by atoms with Gasteiger partial charge >= 0.3 is 12.3 Å². The minimum Gasteiger partial charge on any atom is -0.348 e. The van der Waals surface area contributed by atoms with E-state index in [-0.39, 0.29) is 11.8 Å². The first-order chi connectivity index (χ1) is 8.66. The number of alkyl halides is 4. The highest BCUT2D eigenvalue weighted by Gasteiger charge is 2.50. The Kier molecular flexibility index (Phi) is 5.21. The van der Waals surface area contributed by atoms with Crippen LogP contribution in [0.3, 0.4) is 0 Å². The van der Waals surface area contributed by atoms with E-state index < -0.39 is 24.3 Å². The fraction of sp³-hybridized carbons (Fsp3) is 0.923. The Balaban J connectivity index is 2.74. The maximum atomic E-state index is 13.0.